The molecule has 0 aliphatic heterocycles. The van der Waals surface area contributed by atoms with Crippen molar-refractivity contribution in [3.8, 4) is 11.5 Å². The Morgan fingerprint density at radius 2 is 1.75 bits per heavy atom. The van der Waals surface area contributed by atoms with Gasteiger partial charge in [0, 0.05) is 4.47 Å². The van der Waals surface area contributed by atoms with Crippen molar-refractivity contribution >= 4 is 21.8 Å². The highest BCUT2D eigenvalue weighted by molar-refractivity contribution is 9.10. The number of nitrogens with two attached hydrogens (primary N) is 1. The lowest BCUT2D eigenvalue weighted by Crippen LogP contribution is -2.13. The molecule has 0 amide bonds. The molecule has 2 aromatic carbocycles. The van der Waals surface area contributed by atoms with E-state index in [2.05, 4.69) is 29.8 Å². The SMILES string of the molecule is CC(C)c1ccccc1Oc1cccc(Br)c1C(=N)N. The minimum absolute atomic E-state index is 0.0190. The molecule has 0 aliphatic carbocycles. The first-order chi connectivity index (χ1) is 9.50. The van der Waals surface area contributed by atoms with Crippen LogP contribution in [0.2, 0.25) is 0 Å². The molecular formula is C16H17BrN2O. The predicted molar refractivity (Wildman–Crippen MR) is 85.8 cm³/mol. The fraction of sp³-hybridized carbons (Fsp3) is 0.188. The molecule has 0 spiro atoms. The molecule has 0 heterocycles. The smallest absolute Gasteiger partial charge is 0.139 e. The van der Waals surface area contributed by atoms with Gasteiger partial charge in [-0.1, -0.05) is 38.1 Å². The standard InChI is InChI=1S/C16H17BrN2O/c1-10(2)11-6-3-4-8-13(11)20-14-9-5-7-12(17)15(14)16(18)19/h3-10H,1-2H3,(H3,18,19). The lowest BCUT2D eigenvalue weighted by Gasteiger charge is -2.16. The van der Waals surface area contributed by atoms with E-state index in [1.54, 1.807) is 0 Å². The number of para-hydroxylation sites is 1. The second-order valence-corrected chi connectivity index (χ2v) is 5.68. The van der Waals surface area contributed by atoms with E-state index in [9.17, 15) is 0 Å². The Morgan fingerprint density at radius 3 is 2.40 bits per heavy atom. The zero-order valence-corrected chi connectivity index (χ0v) is 13.1. The summed E-state index contributed by atoms with van der Waals surface area (Å²) in [6.07, 6.45) is 0. The van der Waals surface area contributed by atoms with E-state index in [0.29, 0.717) is 17.2 Å². The number of rotatable bonds is 4. The van der Waals surface area contributed by atoms with Gasteiger partial charge in [-0.05, 0) is 45.6 Å². The maximum Gasteiger partial charge on any atom is 0.139 e. The maximum absolute atomic E-state index is 7.69. The predicted octanol–water partition coefficient (Wildman–Crippen LogP) is 4.65. The second-order valence-electron chi connectivity index (χ2n) is 4.82. The largest absolute Gasteiger partial charge is 0.456 e. The van der Waals surface area contributed by atoms with Crippen molar-refractivity contribution in [3.05, 3.63) is 58.1 Å². The van der Waals surface area contributed by atoms with Crippen molar-refractivity contribution in [1.82, 2.24) is 0 Å². The van der Waals surface area contributed by atoms with Gasteiger partial charge in [-0.2, -0.15) is 0 Å². The molecule has 3 N–H and O–H groups in total. The second kappa shape index (κ2) is 6.09. The van der Waals surface area contributed by atoms with E-state index < -0.39 is 0 Å². The lowest BCUT2D eigenvalue weighted by atomic mass is 10.0. The van der Waals surface area contributed by atoms with Crippen LogP contribution in [0.3, 0.4) is 0 Å². The number of hydrogen-bond donors (Lipinski definition) is 2. The van der Waals surface area contributed by atoms with Gasteiger partial charge >= 0.3 is 0 Å². The van der Waals surface area contributed by atoms with Crippen molar-refractivity contribution < 1.29 is 4.74 Å². The fourth-order valence-corrected chi connectivity index (χ4v) is 2.58. The Kier molecular flexibility index (Phi) is 4.45. The lowest BCUT2D eigenvalue weighted by molar-refractivity contribution is 0.471. The number of benzene rings is 2. The van der Waals surface area contributed by atoms with Crippen molar-refractivity contribution in [1.29, 1.82) is 5.41 Å². The number of nitrogens with one attached hydrogen (secondary N) is 1. The average Bonchev–Trinajstić information content (AvgIpc) is 2.38. The maximum atomic E-state index is 7.69. The Hall–Kier alpha value is -1.81. The number of nitrogen functional groups attached to an aromatic ring is 1. The molecule has 104 valence electrons. The van der Waals surface area contributed by atoms with Crippen LogP contribution in [0.4, 0.5) is 0 Å². The van der Waals surface area contributed by atoms with Crippen molar-refractivity contribution in [2.45, 2.75) is 19.8 Å². The summed E-state index contributed by atoms with van der Waals surface area (Å²) in [6, 6.07) is 13.4. The van der Waals surface area contributed by atoms with Crippen LogP contribution in [0.5, 0.6) is 11.5 Å². The summed E-state index contributed by atoms with van der Waals surface area (Å²) in [5.41, 5.74) is 7.34. The number of amidine groups is 1. The molecule has 0 fully saturated rings. The fourth-order valence-electron chi connectivity index (χ4n) is 2.02. The summed E-state index contributed by atoms with van der Waals surface area (Å²) < 4.78 is 6.75. The van der Waals surface area contributed by atoms with Crippen LogP contribution < -0.4 is 10.5 Å². The third kappa shape index (κ3) is 3.02. The summed E-state index contributed by atoms with van der Waals surface area (Å²) in [5.74, 6) is 1.72. The monoisotopic (exact) mass is 332 g/mol. The molecule has 0 atom stereocenters. The van der Waals surface area contributed by atoms with Gasteiger partial charge in [0.05, 0.1) is 5.56 Å². The van der Waals surface area contributed by atoms with Gasteiger partial charge in [-0.25, -0.2) is 0 Å². The van der Waals surface area contributed by atoms with Crippen molar-refractivity contribution in [3.63, 3.8) is 0 Å². The normalized spacial score (nSPS) is 10.6. The quantitative estimate of drug-likeness (QED) is 0.632. The molecule has 0 aromatic heterocycles. The van der Waals surface area contributed by atoms with Gasteiger partial charge in [0.15, 0.2) is 0 Å². The summed E-state index contributed by atoms with van der Waals surface area (Å²) in [5, 5.41) is 7.69. The molecule has 2 rings (SSSR count). The minimum Gasteiger partial charge on any atom is -0.456 e. The molecular weight excluding hydrogens is 316 g/mol. The summed E-state index contributed by atoms with van der Waals surface area (Å²) in [4.78, 5) is 0. The van der Waals surface area contributed by atoms with Gasteiger partial charge in [0.1, 0.15) is 17.3 Å². The molecule has 0 unspecified atom stereocenters. The molecule has 0 saturated heterocycles. The zero-order chi connectivity index (χ0) is 14.7. The van der Waals surface area contributed by atoms with E-state index in [-0.39, 0.29) is 5.84 Å². The van der Waals surface area contributed by atoms with Crippen molar-refractivity contribution in [2.24, 2.45) is 5.73 Å². The Labute approximate surface area is 127 Å². The Bertz CT molecular complexity index is 638. The Balaban J connectivity index is 2.46. The molecule has 0 saturated carbocycles. The number of halogens is 1. The minimum atomic E-state index is -0.0190. The van der Waals surface area contributed by atoms with Gasteiger partial charge in [-0.3, -0.25) is 5.41 Å². The number of ether oxygens (including phenoxy) is 1. The van der Waals surface area contributed by atoms with Crippen LogP contribution >= 0.6 is 15.9 Å². The summed E-state index contributed by atoms with van der Waals surface area (Å²) in [6.45, 7) is 4.24. The van der Waals surface area contributed by atoms with Crippen LogP contribution in [-0.2, 0) is 0 Å². The molecule has 4 heteroatoms. The molecule has 0 aliphatic rings. The van der Waals surface area contributed by atoms with Gasteiger partial charge < -0.3 is 10.5 Å². The van der Waals surface area contributed by atoms with E-state index in [1.807, 2.05) is 42.5 Å². The van der Waals surface area contributed by atoms with Crippen molar-refractivity contribution in [2.75, 3.05) is 0 Å². The topological polar surface area (TPSA) is 59.1 Å². The summed E-state index contributed by atoms with van der Waals surface area (Å²) in [7, 11) is 0. The molecule has 20 heavy (non-hydrogen) atoms. The van der Waals surface area contributed by atoms with E-state index >= 15 is 0 Å². The first kappa shape index (κ1) is 14.6. The molecule has 0 bridgehead atoms. The van der Waals surface area contributed by atoms with Gasteiger partial charge in [0.25, 0.3) is 0 Å². The van der Waals surface area contributed by atoms with Crippen LogP contribution in [-0.4, -0.2) is 5.84 Å². The molecule has 3 nitrogen and oxygen atoms in total. The van der Waals surface area contributed by atoms with Gasteiger partial charge in [-0.15, -0.1) is 0 Å². The molecule has 2 aromatic rings. The highest BCUT2D eigenvalue weighted by Gasteiger charge is 2.14. The molecule has 0 radical (unpaired) electrons. The highest BCUT2D eigenvalue weighted by Crippen LogP contribution is 2.34. The van der Waals surface area contributed by atoms with E-state index in [0.717, 1.165) is 15.8 Å². The first-order valence-corrected chi connectivity index (χ1v) is 7.19. The number of hydrogen-bond acceptors (Lipinski definition) is 2. The van der Waals surface area contributed by atoms with Crippen LogP contribution in [0, 0.1) is 5.41 Å². The first-order valence-electron chi connectivity index (χ1n) is 6.40. The van der Waals surface area contributed by atoms with E-state index in [4.69, 9.17) is 15.9 Å². The van der Waals surface area contributed by atoms with Crippen LogP contribution in [0.25, 0.3) is 0 Å². The average molecular weight is 333 g/mol. The zero-order valence-electron chi connectivity index (χ0n) is 11.5. The van der Waals surface area contributed by atoms with Gasteiger partial charge in [0.2, 0.25) is 0 Å². The van der Waals surface area contributed by atoms with Crippen LogP contribution in [0.15, 0.2) is 46.9 Å². The van der Waals surface area contributed by atoms with E-state index in [1.165, 1.54) is 0 Å². The third-order valence-corrected chi connectivity index (χ3v) is 3.67. The third-order valence-electron chi connectivity index (χ3n) is 3.01. The Morgan fingerprint density at radius 1 is 1.10 bits per heavy atom. The summed E-state index contributed by atoms with van der Waals surface area (Å²) >= 11 is 3.41. The highest BCUT2D eigenvalue weighted by atomic mass is 79.9. The van der Waals surface area contributed by atoms with Crippen LogP contribution in [0.1, 0.15) is 30.9 Å².